The van der Waals surface area contributed by atoms with E-state index in [0.29, 0.717) is 28.5 Å². The van der Waals surface area contributed by atoms with E-state index in [9.17, 15) is 13.6 Å². The molecule has 0 fully saturated rings. The van der Waals surface area contributed by atoms with E-state index in [1.165, 1.54) is 6.07 Å². The highest BCUT2D eigenvalue weighted by molar-refractivity contribution is 7.22. The lowest BCUT2D eigenvalue weighted by Crippen LogP contribution is -2.38. The zero-order valence-electron chi connectivity index (χ0n) is 19.5. The molecule has 0 saturated heterocycles. The first-order chi connectivity index (χ1) is 15.4. The van der Waals surface area contributed by atoms with Crippen molar-refractivity contribution in [2.45, 2.75) is 27.7 Å². The topological polar surface area (TPSA) is 39.7 Å². The fraction of sp³-hybridized carbons (Fsp3) is 0.417. The second-order valence-corrected chi connectivity index (χ2v) is 8.44. The second-order valence-electron chi connectivity index (χ2n) is 7.43. The minimum absolute atomic E-state index is 0. The van der Waals surface area contributed by atoms with Gasteiger partial charge in [-0.05, 0) is 57.3 Å². The predicted molar refractivity (Wildman–Crippen MR) is 136 cm³/mol. The van der Waals surface area contributed by atoms with Crippen LogP contribution in [0.1, 0.15) is 38.1 Å². The monoisotopic (exact) mass is 496 g/mol. The molecule has 0 atom stereocenters. The standard InChI is InChI=1S/C24H30F2N4OS.ClH/c1-5-28(6-2)13-14-30(24-27-22-20(26)15-18(25)16-21(22)32-24)23(31)17-9-11-19(12-10-17)29(7-3)8-4;/h9-12,15-16H,5-8,13-14H2,1-4H3;1H. The summed E-state index contributed by atoms with van der Waals surface area (Å²) in [5.41, 5.74) is 1.68. The molecule has 180 valence electrons. The molecule has 0 bridgehead atoms. The molecule has 0 saturated carbocycles. The van der Waals surface area contributed by atoms with Gasteiger partial charge in [0.05, 0.1) is 4.70 Å². The molecule has 1 heterocycles. The quantitative estimate of drug-likeness (QED) is 0.354. The van der Waals surface area contributed by atoms with Crippen molar-refractivity contribution >= 4 is 50.7 Å². The Morgan fingerprint density at radius 2 is 1.58 bits per heavy atom. The molecule has 2 aromatic carbocycles. The van der Waals surface area contributed by atoms with Crippen molar-refractivity contribution in [3.63, 3.8) is 0 Å². The molecule has 3 aromatic rings. The number of carbonyl (C=O) groups excluding carboxylic acids is 1. The van der Waals surface area contributed by atoms with Crippen LogP contribution in [0.15, 0.2) is 36.4 Å². The Bertz CT molecular complexity index is 1050. The van der Waals surface area contributed by atoms with Crippen molar-refractivity contribution in [3.05, 3.63) is 53.6 Å². The average molecular weight is 497 g/mol. The van der Waals surface area contributed by atoms with Crippen molar-refractivity contribution in [2.24, 2.45) is 0 Å². The Kier molecular flexibility index (Phi) is 10.0. The van der Waals surface area contributed by atoms with Crippen molar-refractivity contribution in [1.82, 2.24) is 9.88 Å². The summed E-state index contributed by atoms with van der Waals surface area (Å²) in [7, 11) is 0. The summed E-state index contributed by atoms with van der Waals surface area (Å²) >= 11 is 1.13. The molecule has 1 amide bonds. The maximum atomic E-state index is 14.2. The van der Waals surface area contributed by atoms with Crippen molar-refractivity contribution in [3.8, 4) is 0 Å². The molecule has 0 aliphatic heterocycles. The summed E-state index contributed by atoms with van der Waals surface area (Å²) in [4.78, 5) is 23.8. The molecule has 1 aromatic heterocycles. The number of fused-ring (bicyclic) bond motifs is 1. The van der Waals surface area contributed by atoms with Crippen LogP contribution in [0.2, 0.25) is 0 Å². The van der Waals surface area contributed by atoms with Gasteiger partial charge in [0.25, 0.3) is 5.91 Å². The largest absolute Gasteiger partial charge is 0.372 e. The summed E-state index contributed by atoms with van der Waals surface area (Å²) in [6.45, 7) is 12.9. The maximum absolute atomic E-state index is 14.2. The van der Waals surface area contributed by atoms with E-state index in [4.69, 9.17) is 0 Å². The van der Waals surface area contributed by atoms with Crippen LogP contribution >= 0.6 is 23.7 Å². The van der Waals surface area contributed by atoms with Crippen LogP contribution in [-0.4, -0.2) is 55.1 Å². The number of rotatable bonds is 10. The fourth-order valence-corrected chi connectivity index (χ4v) is 4.72. The van der Waals surface area contributed by atoms with Gasteiger partial charge in [0.1, 0.15) is 11.3 Å². The van der Waals surface area contributed by atoms with Gasteiger partial charge in [-0.3, -0.25) is 9.69 Å². The predicted octanol–water partition coefficient (Wildman–Crippen LogP) is 5.83. The summed E-state index contributed by atoms with van der Waals surface area (Å²) < 4.78 is 28.3. The summed E-state index contributed by atoms with van der Waals surface area (Å²) in [5.74, 6) is -1.58. The molecule has 5 nitrogen and oxygen atoms in total. The van der Waals surface area contributed by atoms with Crippen LogP contribution in [0, 0.1) is 11.6 Å². The Labute approximate surface area is 204 Å². The van der Waals surface area contributed by atoms with Gasteiger partial charge >= 0.3 is 0 Å². The summed E-state index contributed by atoms with van der Waals surface area (Å²) in [5, 5.41) is 0.370. The molecule has 0 aliphatic rings. The highest BCUT2D eigenvalue weighted by Gasteiger charge is 2.23. The van der Waals surface area contributed by atoms with Crippen LogP contribution in [0.25, 0.3) is 10.2 Å². The lowest BCUT2D eigenvalue weighted by atomic mass is 10.1. The molecule has 0 aliphatic carbocycles. The zero-order chi connectivity index (χ0) is 23.3. The molecule has 3 rings (SSSR count). The third kappa shape index (κ3) is 6.19. The molecular formula is C24H31ClF2N4OS. The molecule has 0 N–H and O–H groups in total. The molecule has 9 heteroatoms. The van der Waals surface area contributed by atoms with Gasteiger partial charge in [0, 0.05) is 43.5 Å². The summed E-state index contributed by atoms with van der Waals surface area (Å²) in [6, 6.07) is 9.58. The number of hydrogen-bond donors (Lipinski definition) is 0. The van der Waals surface area contributed by atoms with E-state index < -0.39 is 11.6 Å². The SMILES string of the molecule is CCN(CC)CCN(C(=O)c1ccc(N(CC)CC)cc1)c1nc2c(F)cc(F)cc2s1.Cl. The third-order valence-electron chi connectivity index (χ3n) is 5.66. The smallest absolute Gasteiger partial charge is 0.260 e. The number of nitrogens with zero attached hydrogens (tertiary/aromatic N) is 4. The first-order valence-corrected chi connectivity index (χ1v) is 11.9. The number of likely N-dealkylation sites (N-methyl/N-ethyl adjacent to an activating group) is 1. The molecule has 0 unspecified atom stereocenters. The second kappa shape index (κ2) is 12.3. The number of hydrogen-bond acceptors (Lipinski definition) is 5. The molecule has 33 heavy (non-hydrogen) atoms. The highest BCUT2D eigenvalue weighted by atomic mass is 35.5. The van der Waals surface area contributed by atoms with E-state index in [2.05, 4.69) is 42.5 Å². The van der Waals surface area contributed by atoms with Gasteiger partial charge in [-0.2, -0.15) is 0 Å². The fourth-order valence-electron chi connectivity index (χ4n) is 3.69. The van der Waals surface area contributed by atoms with Gasteiger partial charge in [0.15, 0.2) is 10.9 Å². The van der Waals surface area contributed by atoms with Crippen LogP contribution in [0.5, 0.6) is 0 Å². The van der Waals surface area contributed by atoms with Gasteiger partial charge in [-0.25, -0.2) is 13.8 Å². The first kappa shape index (κ1) is 27.0. The molecule has 0 radical (unpaired) electrons. The van der Waals surface area contributed by atoms with Gasteiger partial charge in [-0.15, -0.1) is 12.4 Å². The average Bonchev–Trinajstić information content (AvgIpc) is 3.22. The molecule has 0 spiro atoms. The van der Waals surface area contributed by atoms with Crippen LogP contribution in [0.4, 0.5) is 19.6 Å². The zero-order valence-corrected chi connectivity index (χ0v) is 21.1. The van der Waals surface area contributed by atoms with Gasteiger partial charge in [0.2, 0.25) is 0 Å². The van der Waals surface area contributed by atoms with Crippen molar-refractivity contribution < 1.29 is 13.6 Å². The van der Waals surface area contributed by atoms with Crippen LogP contribution in [0.3, 0.4) is 0 Å². The Balaban J connectivity index is 0.00000385. The first-order valence-electron chi connectivity index (χ1n) is 11.1. The van der Waals surface area contributed by atoms with Crippen molar-refractivity contribution in [1.29, 1.82) is 0 Å². The maximum Gasteiger partial charge on any atom is 0.260 e. The third-order valence-corrected chi connectivity index (χ3v) is 6.68. The van der Waals surface area contributed by atoms with E-state index in [-0.39, 0.29) is 23.8 Å². The number of anilines is 2. The minimum Gasteiger partial charge on any atom is -0.372 e. The number of halogens is 3. The van der Waals surface area contributed by atoms with E-state index in [1.807, 2.05) is 24.3 Å². The van der Waals surface area contributed by atoms with Crippen LogP contribution < -0.4 is 9.80 Å². The van der Waals surface area contributed by atoms with Gasteiger partial charge < -0.3 is 9.80 Å². The lowest BCUT2D eigenvalue weighted by molar-refractivity contribution is 0.0984. The van der Waals surface area contributed by atoms with E-state index in [0.717, 1.165) is 49.3 Å². The Hall–Kier alpha value is -2.29. The summed E-state index contributed by atoms with van der Waals surface area (Å²) in [6.07, 6.45) is 0. The highest BCUT2D eigenvalue weighted by Crippen LogP contribution is 2.32. The number of amides is 1. The number of aromatic nitrogens is 1. The minimum atomic E-state index is -0.720. The number of thiazole rings is 1. The number of benzene rings is 2. The van der Waals surface area contributed by atoms with Crippen molar-refractivity contribution in [2.75, 3.05) is 49.1 Å². The van der Waals surface area contributed by atoms with E-state index >= 15 is 0 Å². The Morgan fingerprint density at radius 3 is 2.15 bits per heavy atom. The molecular weight excluding hydrogens is 466 g/mol. The van der Waals surface area contributed by atoms with Gasteiger partial charge in [-0.1, -0.05) is 25.2 Å². The normalized spacial score (nSPS) is 11.0. The Morgan fingerprint density at radius 1 is 0.939 bits per heavy atom. The van der Waals surface area contributed by atoms with E-state index in [1.54, 1.807) is 4.90 Å². The number of carbonyl (C=O) groups is 1. The van der Waals surface area contributed by atoms with Crippen LogP contribution in [-0.2, 0) is 0 Å². The lowest BCUT2D eigenvalue weighted by Gasteiger charge is -2.25.